The van der Waals surface area contributed by atoms with E-state index in [9.17, 15) is 8.42 Å². The summed E-state index contributed by atoms with van der Waals surface area (Å²) in [7, 11) is -3.46. The van der Waals surface area contributed by atoms with Crippen LogP contribution >= 0.6 is 0 Å². The van der Waals surface area contributed by atoms with Gasteiger partial charge in [0.15, 0.2) is 11.5 Å². The van der Waals surface area contributed by atoms with Gasteiger partial charge in [0, 0.05) is 13.0 Å². The maximum atomic E-state index is 12.3. The number of oxazole rings is 1. The molecule has 0 atom stereocenters. The standard InChI is InChI=1S/C13H16N2O3S/c1-9-14-12-8-11(6-7-13(12)18-9)19(16,17)15-10-4-2-3-5-10/h6-8,10,15H,2-5H2,1H3. The molecule has 1 saturated carbocycles. The van der Waals surface area contributed by atoms with Crippen LogP contribution in [0.15, 0.2) is 27.5 Å². The fraction of sp³-hybridized carbons (Fsp3) is 0.462. The highest BCUT2D eigenvalue weighted by molar-refractivity contribution is 7.89. The van der Waals surface area contributed by atoms with Crippen molar-refractivity contribution in [1.29, 1.82) is 0 Å². The summed E-state index contributed by atoms with van der Waals surface area (Å²) in [6.07, 6.45) is 4.03. The molecule has 0 saturated heterocycles. The van der Waals surface area contributed by atoms with Gasteiger partial charge in [0.1, 0.15) is 5.52 Å². The Morgan fingerprint density at radius 1 is 1.32 bits per heavy atom. The lowest BCUT2D eigenvalue weighted by molar-refractivity contribution is 0.552. The van der Waals surface area contributed by atoms with Gasteiger partial charge >= 0.3 is 0 Å². The third-order valence-electron chi connectivity index (χ3n) is 3.45. The summed E-state index contributed by atoms with van der Waals surface area (Å²) in [6, 6.07) is 4.84. The number of nitrogens with one attached hydrogen (secondary N) is 1. The molecule has 1 heterocycles. The van der Waals surface area contributed by atoms with E-state index < -0.39 is 10.0 Å². The third-order valence-corrected chi connectivity index (χ3v) is 4.97. The molecule has 1 fully saturated rings. The summed E-state index contributed by atoms with van der Waals surface area (Å²) in [5.41, 5.74) is 1.18. The van der Waals surface area contributed by atoms with Crippen LogP contribution in [0.3, 0.4) is 0 Å². The van der Waals surface area contributed by atoms with Crippen molar-refractivity contribution in [2.75, 3.05) is 0 Å². The van der Waals surface area contributed by atoms with E-state index in [0.29, 0.717) is 17.0 Å². The van der Waals surface area contributed by atoms with Crippen LogP contribution in [0.1, 0.15) is 31.6 Å². The monoisotopic (exact) mass is 280 g/mol. The number of rotatable bonds is 3. The summed E-state index contributed by atoms with van der Waals surface area (Å²) in [5, 5.41) is 0. The number of aromatic nitrogens is 1. The molecule has 1 aliphatic rings. The van der Waals surface area contributed by atoms with E-state index in [2.05, 4.69) is 9.71 Å². The molecule has 5 nitrogen and oxygen atoms in total. The average Bonchev–Trinajstić information content (AvgIpc) is 2.95. The highest BCUT2D eigenvalue weighted by Crippen LogP contribution is 2.23. The zero-order valence-electron chi connectivity index (χ0n) is 10.7. The molecule has 102 valence electrons. The molecule has 6 heteroatoms. The Morgan fingerprint density at radius 2 is 2.05 bits per heavy atom. The van der Waals surface area contributed by atoms with Crippen LogP contribution < -0.4 is 4.72 Å². The van der Waals surface area contributed by atoms with Gasteiger partial charge in [0.05, 0.1) is 4.90 Å². The molecule has 0 aliphatic heterocycles. The first-order chi connectivity index (χ1) is 9.04. The normalized spacial score (nSPS) is 17.3. The molecule has 0 spiro atoms. The van der Waals surface area contributed by atoms with Crippen molar-refractivity contribution >= 4 is 21.1 Å². The molecule has 1 aliphatic carbocycles. The lowest BCUT2D eigenvalue weighted by atomic mass is 10.3. The lowest BCUT2D eigenvalue weighted by Gasteiger charge is -2.12. The van der Waals surface area contributed by atoms with E-state index in [0.717, 1.165) is 25.7 Å². The van der Waals surface area contributed by atoms with Crippen LogP contribution in [0.5, 0.6) is 0 Å². The molecule has 3 rings (SSSR count). The van der Waals surface area contributed by atoms with E-state index in [-0.39, 0.29) is 10.9 Å². The lowest BCUT2D eigenvalue weighted by Crippen LogP contribution is -2.32. The molecular formula is C13H16N2O3S. The van der Waals surface area contributed by atoms with Gasteiger partial charge in [0.2, 0.25) is 10.0 Å². The van der Waals surface area contributed by atoms with Gasteiger partial charge in [-0.3, -0.25) is 0 Å². The Bertz CT molecular complexity index is 700. The van der Waals surface area contributed by atoms with E-state index in [1.807, 2.05) is 0 Å². The van der Waals surface area contributed by atoms with Crippen LogP contribution in [-0.2, 0) is 10.0 Å². The predicted molar refractivity (Wildman–Crippen MR) is 71.3 cm³/mol. The second kappa shape index (κ2) is 4.61. The molecule has 0 unspecified atom stereocenters. The largest absolute Gasteiger partial charge is 0.441 e. The van der Waals surface area contributed by atoms with Gasteiger partial charge in [-0.25, -0.2) is 18.1 Å². The summed E-state index contributed by atoms with van der Waals surface area (Å²) < 4.78 is 32.6. The number of fused-ring (bicyclic) bond motifs is 1. The van der Waals surface area contributed by atoms with Crippen molar-refractivity contribution in [2.24, 2.45) is 0 Å². The maximum absolute atomic E-state index is 12.3. The molecule has 0 bridgehead atoms. The van der Waals surface area contributed by atoms with Gasteiger partial charge in [0.25, 0.3) is 0 Å². The Morgan fingerprint density at radius 3 is 2.79 bits per heavy atom. The first-order valence-corrected chi connectivity index (χ1v) is 7.92. The van der Waals surface area contributed by atoms with Crippen molar-refractivity contribution < 1.29 is 12.8 Å². The molecule has 0 amide bonds. The second-order valence-electron chi connectivity index (χ2n) is 4.97. The summed E-state index contributed by atoms with van der Waals surface area (Å²) in [6.45, 7) is 1.74. The fourth-order valence-electron chi connectivity index (χ4n) is 2.52. The molecular weight excluding hydrogens is 264 g/mol. The molecule has 1 aromatic heterocycles. The van der Waals surface area contributed by atoms with Gasteiger partial charge in [-0.2, -0.15) is 0 Å². The van der Waals surface area contributed by atoms with Gasteiger partial charge in [-0.15, -0.1) is 0 Å². The summed E-state index contributed by atoms with van der Waals surface area (Å²) in [4.78, 5) is 4.41. The number of aryl methyl sites for hydroxylation is 1. The highest BCUT2D eigenvalue weighted by atomic mass is 32.2. The van der Waals surface area contributed by atoms with Crippen molar-refractivity contribution in [2.45, 2.75) is 43.5 Å². The van der Waals surface area contributed by atoms with E-state index in [1.54, 1.807) is 25.1 Å². The molecule has 19 heavy (non-hydrogen) atoms. The number of hydrogen-bond acceptors (Lipinski definition) is 4. The van der Waals surface area contributed by atoms with Crippen LogP contribution in [0.4, 0.5) is 0 Å². The first kappa shape index (κ1) is 12.6. The Kier molecular flexibility index (Phi) is 3.06. The number of nitrogens with zero attached hydrogens (tertiary/aromatic N) is 1. The summed E-state index contributed by atoms with van der Waals surface area (Å²) in [5.74, 6) is 0.535. The number of sulfonamides is 1. The highest BCUT2D eigenvalue weighted by Gasteiger charge is 2.23. The minimum atomic E-state index is -3.46. The van der Waals surface area contributed by atoms with Crippen LogP contribution in [0.25, 0.3) is 11.1 Å². The Labute approximate surface area is 112 Å². The zero-order valence-corrected chi connectivity index (χ0v) is 11.5. The van der Waals surface area contributed by atoms with Crippen molar-refractivity contribution in [3.05, 3.63) is 24.1 Å². The second-order valence-corrected chi connectivity index (χ2v) is 6.68. The molecule has 0 radical (unpaired) electrons. The quantitative estimate of drug-likeness (QED) is 0.936. The minimum Gasteiger partial charge on any atom is -0.441 e. The molecule has 2 aromatic rings. The van der Waals surface area contributed by atoms with Gasteiger partial charge in [-0.1, -0.05) is 12.8 Å². The predicted octanol–water partition coefficient (Wildman–Crippen LogP) is 2.36. The Hall–Kier alpha value is -1.40. The van der Waals surface area contributed by atoms with Gasteiger partial charge in [-0.05, 0) is 31.0 Å². The molecule has 1 aromatic carbocycles. The topological polar surface area (TPSA) is 72.2 Å². The maximum Gasteiger partial charge on any atom is 0.240 e. The van der Waals surface area contributed by atoms with Crippen molar-refractivity contribution in [1.82, 2.24) is 9.71 Å². The van der Waals surface area contributed by atoms with Gasteiger partial charge < -0.3 is 4.42 Å². The average molecular weight is 280 g/mol. The first-order valence-electron chi connectivity index (χ1n) is 6.44. The Balaban J connectivity index is 1.93. The summed E-state index contributed by atoms with van der Waals surface area (Å²) >= 11 is 0. The number of hydrogen-bond donors (Lipinski definition) is 1. The van der Waals surface area contributed by atoms with Crippen molar-refractivity contribution in [3.8, 4) is 0 Å². The smallest absolute Gasteiger partial charge is 0.240 e. The van der Waals surface area contributed by atoms with E-state index in [4.69, 9.17) is 4.42 Å². The zero-order chi connectivity index (χ0) is 13.5. The fourth-order valence-corrected chi connectivity index (χ4v) is 3.85. The van der Waals surface area contributed by atoms with Crippen LogP contribution in [-0.4, -0.2) is 19.4 Å². The van der Waals surface area contributed by atoms with Crippen LogP contribution in [0.2, 0.25) is 0 Å². The van der Waals surface area contributed by atoms with E-state index >= 15 is 0 Å². The molecule has 1 N–H and O–H groups in total. The van der Waals surface area contributed by atoms with Crippen molar-refractivity contribution in [3.63, 3.8) is 0 Å². The van der Waals surface area contributed by atoms with E-state index in [1.165, 1.54) is 0 Å². The van der Waals surface area contributed by atoms with Crippen LogP contribution in [0, 0.1) is 6.92 Å². The minimum absolute atomic E-state index is 0.0692. The third kappa shape index (κ3) is 2.50. The SMILES string of the molecule is Cc1nc2cc(S(=O)(=O)NC3CCCC3)ccc2o1. The number of benzene rings is 1.